The molecule has 4 heteroatoms. The van der Waals surface area contributed by atoms with Crippen molar-refractivity contribution in [2.75, 3.05) is 31.5 Å². The summed E-state index contributed by atoms with van der Waals surface area (Å²) in [4.78, 5) is 2.49. The number of hydrogen-bond acceptors (Lipinski definition) is 3. The van der Waals surface area contributed by atoms with Gasteiger partial charge in [0.25, 0.3) is 0 Å². The van der Waals surface area contributed by atoms with E-state index in [-0.39, 0.29) is 5.54 Å². The van der Waals surface area contributed by atoms with E-state index in [1.54, 1.807) is 0 Å². The zero-order valence-corrected chi connectivity index (χ0v) is 12.4. The Bertz CT molecular complexity index is 410. The molecule has 1 saturated heterocycles. The second-order valence-corrected chi connectivity index (χ2v) is 5.78. The van der Waals surface area contributed by atoms with Crippen LogP contribution >= 0.6 is 11.6 Å². The summed E-state index contributed by atoms with van der Waals surface area (Å²) in [5.74, 6) is 0. The number of nitrogens with two attached hydrogens (primary N) is 1. The smallest absolute Gasteiger partial charge is 0.0637 e. The van der Waals surface area contributed by atoms with E-state index in [4.69, 9.17) is 17.3 Å². The van der Waals surface area contributed by atoms with Crippen molar-refractivity contribution >= 4 is 17.3 Å². The van der Waals surface area contributed by atoms with Gasteiger partial charge in [-0.3, -0.25) is 0 Å². The maximum Gasteiger partial charge on any atom is 0.0637 e. The first-order chi connectivity index (χ1) is 9.19. The molecule has 0 amide bonds. The first-order valence-electron chi connectivity index (χ1n) is 7.14. The van der Waals surface area contributed by atoms with Crippen LogP contribution in [0.3, 0.4) is 0 Å². The summed E-state index contributed by atoms with van der Waals surface area (Å²) >= 11 is 6.25. The van der Waals surface area contributed by atoms with Gasteiger partial charge in [-0.1, -0.05) is 30.7 Å². The van der Waals surface area contributed by atoms with E-state index in [9.17, 15) is 0 Å². The van der Waals surface area contributed by atoms with Gasteiger partial charge in [0, 0.05) is 13.1 Å². The van der Waals surface area contributed by atoms with E-state index in [1.165, 1.54) is 13.0 Å². The lowest BCUT2D eigenvalue weighted by atomic mass is 9.90. The number of rotatable bonds is 4. The first-order valence-corrected chi connectivity index (χ1v) is 7.52. The highest BCUT2D eigenvalue weighted by Gasteiger charge is 2.31. The van der Waals surface area contributed by atoms with Gasteiger partial charge in [-0.2, -0.15) is 0 Å². The summed E-state index contributed by atoms with van der Waals surface area (Å²) in [5, 5.41) is 4.38. The highest BCUT2D eigenvalue weighted by atomic mass is 35.5. The van der Waals surface area contributed by atoms with Crippen LogP contribution in [0, 0.1) is 0 Å². The van der Waals surface area contributed by atoms with Crippen LogP contribution in [0.1, 0.15) is 26.2 Å². The molecule has 1 aliphatic rings. The minimum atomic E-state index is -0.0189. The lowest BCUT2D eigenvalue weighted by Gasteiger charge is -2.34. The molecule has 1 aromatic carbocycles. The fraction of sp³-hybridized carbons (Fsp3) is 0.600. The van der Waals surface area contributed by atoms with Crippen molar-refractivity contribution in [1.29, 1.82) is 0 Å². The van der Waals surface area contributed by atoms with Crippen molar-refractivity contribution in [1.82, 2.24) is 4.90 Å². The third-order valence-corrected chi connectivity index (χ3v) is 4.48. The summed E-state index contributed by atoms with van der Waals surface area (Å²) in [7, 11) is 0. The van der Waals surface area contributed by atoms with Gasteiger partial charge in [0.1, 0.15) is 0 Å². The quantitative estimate of drug-likeness (QED) is 0.892. The molecule has 106 valence electrons. The van der Waals surface area contributed by atoms with Gasteiger partial charge in [0.2, 0.25) is 0 Å². The van der Waals surface area contributed by atoms with Crippen LogP contribution in [0.15, 0.2) is 24.3 Å². The van der Waals surface area contributed by atoms with Crippen LogP contribution in [-0.4, -0.2) is 36.6 Å². The molecule has 0 spiro atoms. The number of hydrogen-bond donors (Lipinski definition) is 2. The standard InChI is InChI=1S/C15H24ClN3/c1-2-19-10-5-8-15(12-17,9-11-19)18-14-7-4-3-6-13(14)16/h3-4,6-7,18H,2,5,8-12,17H2,1H3. The van der Waals surface area contributed by atoms with Crippen molar-refractivity contribution in [3.05, 3.63) is 29.3 Å². The van der Waals surface area contributed by atoms with Crippen molar-refractivity contribution in [2.45, 2.75) is 31.7 Å². The largest absolute Gasteiger partial charge is 0.377 e. The number of nitrogens with one attached hydrogen (secondary N) is 1. The molecular weight excluding hydrogens is 258 g/mol. The van der Waals surface area contributed by atoms with Gasteiger partial charge in [-0.15, -0.1) is 0 Å². The highest BCUT2D eigenvalue weighted by molar-refractivity contribution is 6.33. The summed E-state index contributed by atoms with van der Waals surface area (Å²) in [6.45, 7) is 6.26. The van der Waals surface area contributed by atoms with Crippen molar-refractivity contribution < 1.29 is 0 Å². The van der Waals surface area contributed by atoms with E-state index in [0.29, 0.717) is 6.54 Å². The zero-order chi connectivity index (χ0) is 13.7. The molecule has 3 N–H and O–H groups in total. The second kappa shape index (κ2) is 6.60. The minimum absolute atomic E-state index is 0.0189. The highest BCUT2D eigenvalue weighted by Crippen LogP contribution is 2.30. The number of anilines is 1. The number of nitrogens with zero attached hydrogens (tertiary/aromatic N) is 1. The van der Waals surface area contributed by atoms with Gasteiger partial charge in [-0.05, 0) is 44.5 Å². The van der Waals surface area contributed by atoms with Crippen LogP contribution < -0.4 is 11.1 Å². The van der Waals surface area contributed by atoms with E-state index >= 15 is 0 Å². The zero-order valence-electron chi connectivity index (χ0n) is 11.7. The molecule has 0 radical (unpaired) electrons. The molecule has 0 bridgehead atoms. The average Bonchev–Trinajstić information content (AvgIpc) is 2.64. The van der Waals surface area contributed by atoms with Gasteiger partial charge in [0.15, 0.2) is 0 Å². The molecule has 1 aliphatic heterocycles. The summed E-state index contributed by atoms with van der Waals surface area (Å²) < 4.78 is 0. The Morgan fingerprint density at radius 1 is 1.32 bits per heavy atom. The van der Waals surface area contributed by atoms with Crippen LogP contribution in [0.4, 0.5) is 5.69 Å². The van der Waals surface area contributed by atoms with E-state index in [1.807, 2.05) is 24.3 Å². The van der Waals surface area contributed by atoms with Gasteiger partial charge < -0.3 is 16.0 Å². The van der Waals surface area contributed by atoms with Gasteiger partial charge >= 0.3 is 0 Å². The van der Waals surface area contributed by atoms with E-state index in [2.05, 4.69) is 17.1 Å². The van der Waals surface area contributed by atoms with Crippen LogP contribution in [0.5, 0.6) is 0 Å². The Balaban J connectivity index is 2.12. The van der Waals surface area contributed by atoms with Crippen LogP contribution in [-0.2, 0) is 0 Å². The first kappa shape index (κ1) is 14.6. The summed E-state index contributed by atoms with van der Waals surface area (Å²) in [6, 6.07) is 7.91. The van der Waals surface area contributed by atoms with E-state index in [0.717, 1.165) is 36.6 Å². The van der Waals surface area contributed by atoms with Crippen molar-refractivity contribution in [2.24, 2.45) is 5.73 Å². The third kappa shape index (κ3) is 3.62. The second-order valence-electron chi connectivity index (χ2n) is 5.38. The Hall–Kier alpha value is -0.770. The van der Waals surface area contributed by atoms with Crippen LogP contribution in [0.25, 0.3) is 0 Å². The predicted molar refractivity (Wildman–Crippen MR) is 82.8 cm³/mol. The number of benzene rings is 1. The number of para-hydroxylation sites is 1. The van der Waals surface area contributed by atoms with Crippen molar-refractivity contribution in [3.63, 3.8) is 0 Å². The molecular formula is C15H24ClN3. The van der Waals surface area contributed by atoms with Gasteiger partial charge in [0.05, 0.1) is 16.2 Å². The average molecular weight is 282 g/mol. The lowest BCUT2D eigenvalue weighted by Crippen LogP contribution is -2.46. The normalized spacial score (nSPS) is 25.0. The molecule has 19 heavy (non-hydrogen) atoms. The maximum atomic E-state index is 6.25. The molecule has 3 nitrogen and oxygen atoms in total. The monoisotopic (exact) mass is 281 g/mol. The fourth-order valence-electron chi connectivity index (χ4n) is 2.79. The Kier molecular flexibility index (Phi) is 5.08. The molecule has 1 aromatic rings. The molecule has 1 heterocycles. The molecule has 2 rings (SSSR count). The summed E-state index contributed by atoms with van der Waals surface area (Å²) in [5.41, 5.74) is 7.05. The molecule has 0 aliphatic carbocycles. The topological polar surface area (TPSA) is 41.3 Å². The molecule has 1 unspecified atom stereocenters. The van der Waals surface area contributed by atoms with Crippen molar-refractivity contribution in [3.8, 4) is 0 Å². The van der Waals surface area contributed by atoms with Crippen LogP contribution in [0.2, 0.25) is 5.02 Å². The Morgan fingerprint density at radius 3 is 2.79 bits per heavy atom. The number of likely N-dealkylation sites (tertiary alicyclic amines) is 1. The molecule has 1 fully saturated rings. The maximum absolute atomic E-state index is 6.25. The SMILES string of the molecule is CCN1CCCC(CN)(Nc2ccccc2Cl)CC1. The molecule has 0 saturated carbocycles. The van der Waals surface area contributed by atoms with E-state index < -0.39 is 0 Å². The lowest BCUT2D eigenvalue weighted by molar-refractivity contribution is 0.293. The Labute approximate surface area is 121 Å². The minimum Gasteiger partial charge on any atom is -0.377 e. The number of halogens is 1. The molecule has 0 aromatic heterocycles. The fourth-order valence-corrected chi connectivity index (χ4v) is 2.98. The van der Waals surface area contributed by atoms with Gasteiger partial charge in [-0.25, -0.2) is 0 Å². The molecule has 1 atom stereocenters. The third-order valence-electron chi connectivity index (χ3n) is 4.15. The predicted octanol–water partition coefficient (Wildman–Crippen LogP) is 2.96. The Morgan fingerprint density at radius 2 is 2.11 bits per heavy atom. The summed E-state index contributed by atoms with van der Waals surface area (Å²) in [6.07, 6.45) is 3.36.